The minimum Gasteiger partial charge on any atom is -0.0654 e. The third-order valence-corrected chi connectivity index (χ3v) is 6.21. The van der Waals surface area contributed by atoms with Gasteiger partial charge < -0.3 is 0 Å². The predicted molar refractivity (Wildman–Crippen MR) is 127 cm³/mol. The molecule has 0 aliphatic rings. The fraction of sp³-hybridized carbons (Fsp3) is 0.786. The summed E-state index contributed by atoms with van der Waals surface area (Å²) in [6.07, 6.45) is 27.0. The largest absolute Gasteiger partial charge is 0.0654 e. The van der Waals surface area contributed by atoms with E-state index in [1.807, 2.05) is 0 Å². The van der Waals surface area contributed by atoms with Gasteiger partial charge in [-0.3, -0.25) is 0 Å². The second kappa shape index (κ2) is 19.5. The lowest BCUT2D eigenvalue weighted by Gasteiger charge is -2.17. The van der Waals surface area contributed by atoms with Crippen LogP contribution >= 0.6 is 0 Å². The Morgan fingerprint density at radius 1 is 0.607 bits per heavy atom. The molecule has 0 aromatic heterocycles. The van der Waals surface area contributed by atoms with E-state index in [9.17, 15) is 0 Å². The average Bonchev–Trinajstić information content (AvgIpc) is 2.72. The van der Waals surface area contributed by atoms with E-state index in [4.69, 9.17) is 0 Å². The van der Waals surface area contributed by atoms with Crippen molar-refractivity contribution < 1.29 is 0 Å². The molecule has 0 nitrogen and oxygen atoms in total. The van der Waals surface area contributed by atoms with Crippen LogP contribution in [0, 0.1) is 12.0 Å². The standard InChI is InChI=1S/C28H49/c1-3-5-7-9-11-12-14-16-19-23-27(26-28-24-20-17-21-25-28)22-18-15-13-10-8-6-4-2/h17,20-21,24,27H,3-16,18-19,22-23,26H2,1-2H3. The SMILES string of the molecule is CCCCCCCCCCCC(CCCCCCCCC)Cc1[c]cccc1. The molecule has 0 saturated heterocycles. The Morgan fingerprint density at radius 2 is 1.07 bits per heavy atom. The second-order valence-electron chi connectivity index (χ2n) is 8.99. The van der Waals surface area contributed by atoms with Crippen molar-refractivity contribution in [3.8, 4) is 0 Å². The Hall–Kier alpha value is -0.780. The van der Waals surface area contributed by atoms with Gasteiger partial charge in [0.15, 0.2) is 0 Å². The second-order valence-corrected chi connectivity index (χ2v) is 8.99. The van der Waals surface area contributed by atoms with Gasteiger partial charge in [-0.2, -0.15) is 0 Å². The van der Waals surface area contributed by atoms with Gasteiger partial charge in [0.05, 0.1) is 0 Å². The zero-order chi connectivity index (χ0) is 20.1. The lowest BCUT2D eigenvalue weighted by molar-refractivity contribution is 0.400. The van der Waals surface area contributed by atoms with Crippen molar-refractivity contribution in [1.82, 2.24) is 0 Å². The molecule has 1 atom stereocenters. The van der Waals surface area contributed by atoms with Crippen molar-refractivity contribution >= 4 is 0 Å². The smallest absolute Gasteiger partial charge is 0.0149 e. The highest BCUT2D eigenvalue weighted by Gasteiger charge is 2.10. The van der Waals surface area contributed by atoms with Crippen LogP contribution in [-0.2, 0) is 6.42 Å². The van der Waals surface area contributed by atoms with Gasteiger partial charge in [-0.25, -0.2) is 0 Å². The van der Waals surface area contributed by atoms with Crippen LogP contribution in [0.5, 0.6) is 0 Å². The summed E-state index contributed by atoms with van der Waals surface area (Å²) in [6, 6.07) is 12.1. The number of hydrogen-bond acceptors (Lipinski definition) is 0. The Labute approximate surface area is 177 Å². The Kier molecular flexibility index (Phi) is 17.6. The number of benzene rings is 1. The van der Waals surface area contributed by atoms with Crippen LogP contribution in [0.25, 0.3) is 0 Å². The Balaban J connectivity index is 2.16. The van der Waals surface area contributed by atoms with Crippen molar-refractivity contribution in [1.29, 1.82) is 0 Å². The molecule has 0 aliphatic carbocycles. The first-order valence-corrected chi connectivity index (χ1v) is 12.8. The first kappa shape index (κ1) is 25.3. The highest BCUT2D eigenvalue weighted by atomic mass is 14.2. The maximum absolute atomic E-state index is 3.46. The van der Waals surface area contributed by atoms with E-state index < -0.39 is 0 Å². The summed E-state index contributed by atoms with van der Waals surface area (Å²) in [5, 5.41) is 0. The van der Waals surface area contributed by atoms with Crippen LogP contribution < -0.4 is 0 Å². The third-order valence-electron chi connectivity index (χ3n) is 6.21. The van der Waals surface area contributed by atoms with Crippen LogP contribution in [0.3, 0.4) is 0 Å². The summed E-state index contributed by atoms with van der Waals surface area (Å²) < 4.78 is 0. The van der Waals surface area contributed by atoms with Crippen LogP contribution in [-0.4, -0.2) is 0 Å². The van der Waals surface area contributed by atoms with Gasteiger partial charge in [-0.15, -0.1) is 0 Å². The van der Waals surface area contributed by atoms with E-state index in [1.165, 1.54) is 128 Å². The van der Waals surface area contributed by atoms with Crippen LogP contribution in [0.2, 0.25) is 0 Å². The van der Waals surface area contributed by atoms with Crippen LogP contribution in [0.1, 0.15) is 135 Å². The molecule has 0 heteroatoms. The predicted octanol–water partition coefficient (Wildman–Crippen LogP) is 9.71. The molecule has 1 unspecified atom stereocenters. The third kappa shape index (κ3) is 15.2. The van der Waals surface area contributed by atoms with E-state index in [0.29, 0.717) is 0 Å². The Morgan fingerprint density at radius 3 is 1.50 bits per heavy atom. The van der Waals surface area contributed by atoms with Gasteiger partial charge >= 0.3 is 0 Å². The van der Waals surface area contributed by atoms with Crippen LogP contribution in [0.4, 0.5) is 0 Å². The monoisotopic (exact) mass is 385 g/mol. The summed E-state index contributed by atoms with van der Waals surface area (Å²) in [6.45, 7) is 4.60. The van der Waals surface area contributed by atoms with Crippen LogP contribution in [0.15, 0.2) is 24.3 Å². The first-order valence-electron chi connectivity index (χ1n) is 12.8. The minimum atomic E-state index is 0.874. The van der Waals surface area contributed by atoms with E-state index in [2.05, 4.69) is 44.2 Å². The first-order chi connectivity index (χ1) is 13.9. The zero-order valence-electron chi connectivity index (χ0n) is 19.3. The number of unbranched alkanes of at least 4 members (excludes halogenated alkanes) is 14. The van der Waals surface area contributed by atoms with E-state index in [1.54, 1.807) is 0 Å². The topological polar surface area (TPSA) is 0 Å². The molecule has 1 radical (unpaired) electrons. The normalized spacial score (nSPS) is 12.4. The fourth-order valence-corrected chi connectivity index (χ4v) is 4.35. The van der Waals surface area contributed by atoms with Gasteiger partial charge in [0.2, 0.25) is 0 Å². The zero-order valence-corrected chi connectivity index (χ0v) is 19.3. The molecular formula is C28H49. The molecule has 0 saturated carbocycles. The van der Waals surface area contributed by atoms with Gasteiger partial charge in [-0.05, 0) is 24.0 Å². The molecular weight excluding hydrogens is 336 g/mol. The molecule has 1 rings (SSSR count). The molecule has 0 amide bonds. The quantitative estimate of drug-likeness (QED) is 0.196. The molecule has 161 valence electrons. The fourth-order valence-electron chi connectivity index (χ4n) is 4.35. The molecule has 1 aromatic rings. The number of rotatable bonds is 20. The molecule has 0 spiro atoms. The van der Waals surface area contributed by atoms with Gasteiger partial charge in [0.1, 0.15) is 0 Å². The summed E-state index contributed by atoms with van der Waals surface area (Å²) in [5.74, 6) is 0.874. The van der Waals surface area contributed by atoms with Gasteiger partial charge in [0.25, 0.3) is 0 Å². The summed E-state index contributed by atoms with van der Waals surface area (Å²) in [5.41, 5.74) is 1.42. The number of hydrogen-bond donors (Lipinski definition) is 0. The lowest BCUT2D eigenvalue weighted by Crippen LogP contribution is -2.05. The summed E-state index contributed by atoms with van der Waals surface area (Å²) >= 11 is 0. The highest BCUT2D eigenvalue weighted by Crippen LogP contribution is 2.23. The molecule has 0 N–H and O–H groups in total. The van der Waals surface area contributed by atoms with Crippen molar-refractivity contribution in [2.24, 2.45) is 5.92 Å². The van der Waals surface area contributed by atoms with Crippen molar-refractivity contribution in [3.05, 3.63) is 35.9 Å². The maximum Gasteiger partial charge on any atom is -0.0149 e. The van der Waals surface area contributed by atoms with Gasteiger partial charge in [-0.1, -0.05) is 154 Å². The molecule has 0 bridgehead atoms. The summed E-state index contributed by atoms with van der Waals surface area (Å²) in [4.78, 5) is 0. The molecule has 0 heterocycles. The Bertz CT molecular complexity index is 407. The molecule has 0 fully saturated rings. The maximum atomic E-state index is 3.46. The van der Waals surface area contributed by atoms with E-state index in [-0.39, 0.29) is 0 Å². The van der Waals surface area contributed by atoms with E-state index in [0.717, 1.165) is 5.92 Å². The molecule has 0 aliphatic heterocycles. The van der Waals surface area contributed by atoms with Crippen molar-refractivity contribution in [3.63, 3.8) is 0 Å². The average molecular weight is 386 g/mol. The van der Waals surface area contributed by atoms with Crippen molar-refractivity contribution in [2.75, 3.05) is 0 Å². The highest BCUT2D eigenvalue weighted by molar-refractivity contribution is 5.13. The molecule has 28 heavy (non-hydrogen) atoms. The van der Waals surface area contributed by atoms with Crippen molar-refractivity contribution in [2.45, 2.75) is 136 Å². The summed E-state index contributed by atoms with van der Waals surface area (Å²) in [7, 11) is 0. The minimum absolute atomic E-state index is 0.874. The van der Waals surface area contributed by atoms with Gasteiger partial charge in [0, 0.05) is 0 Å². The lowest BCUT2D eigenvalue weighted by atomic mass is 9.88. The molecule has 1 aromatic carbocycles. The van der Waals surface area contributed by atoms with E-state index >= 15 is 0 Å².